The maximum Gasteiger partial charge on any atom is 0.305 e. The molecular formula is C25H36O5. The zero-order chi connectivity index (χ0) is 21.8. The molecule has 0 amide bonds. The lowest BCUT2D eigenvalue weighted by atomic mass is 9.89. The van der Waals surface area contributed by atoms with Crippen molar-refractivity contribution in [2.75, 3.05) is 7.11 Å². The molecule has 1 aromatic carbocycles. The molecule has 0 unspecified atom stereocenters. The van der Waals surface area contributed by atoms with Gasteiger partial charge in [0.1, 0.15) is 0 Å². The highest BCUT2D eigenvalue weighted by Crippen LogP contribution is 2.36. The lowest BCUT2D eigenvalue weighted by Crippen LogP contribution is -2.20. The highest BCUT2D eigenvalue weighted by molar-refractivity contribution is 5.69. The van der Waals surface area contributed by atoms with Crippen LogP contribution in [0.1, 0.15) is 50.5 Å². The molecule has 0 saturated heterocycles. The minimum atomic E-state index is -0.592. The van der Waals surface area contributed by atoms with E-state index in [0.29, 0.717) is 25.7 Å². The molecule has 0 heterocycles. The number of allylic oxidation sites excluding steroid dienone is 2. The topological polar surface area (TPSA) is 87.0 Å². The van der Waals surface area contributed by atoms with Gasteiger partial charge in [-0.15, -0.1) is 0 Å². The molecule has 5 heteroatoms. The Labute approximate surface area is 180 Å². The van der Waals surface area contributed by atoms with Crippen LogP contribution in [0.4, 0.5) is 0 Å². The number of unbranched alkanes of at least 4 members (excludes halogenated alkanes) is 1. The number of ether oxygens (including phenoxy) is 1. The van der Waals surface area contributed by atoms with Crippen LogP contribution in [0.5, 0.6) is 0 Å². The molecule has 0 bridgehead atoms. The van der Waals surface area contributed by atoms with Gasteiger partial charge in [-0.05, 0) is 50.0 Å². The summed E-state index contributed by atoms with van der Waals surface area (Å²) in [6.45, 7) is 0. The molecule has 1 fully saturated rings. The summed E-state index contributed by atoms with van der Waals surface area (Å²) in [5.74, 6) is -0.432. The Kier molecular flexibility index (Phi) is 10.8. The van der Waals surface area contributed by atoms with E-state index >= 15 is 0 Å². The van der Waals surface area contributed by atoms with Crippen LogP contribution in [-0.2, 0) is 16.0 Å². The van der Waals surface area contributed by atoms with E-state index in [1.807, 2.05) is 36.4 Å². The van der Waals surface area contributed by atoms with Crippen LogP contribution in [0.3, 0.4) is 0 Å². The molecule has 5 atom stereocenters. The Bertz CT molecular complexity index is 669. The normalized spacial score (nSPS) is 25.2. The molecule has 0 radical (unpaired) electrons. The third kappa shape index (κ3) is 8.42. The Morgan fingerprint density at radius 3 is 2.67 bits per heavy atom. The zero-order valence-corrected chi connectivity index (χ0v) is 17.9. The maximum atomic E-state index is 11.1. The number of aryl methyl sites for hydroxylation is 1. The van der Waals surface area contributed by atoms with Crippen molar-refractivity contribution >= 4 is 5.97 Å². The van der Waals surface area contributed by atoms with Crippen LogP contribution in [0.25, 0.3) is 0 Å². The average Bonchev–Trinajstić information content (AvgIpc) is 3.01. The zero-order valence-electron chi connectivity index (χ0n) is 17.9. The number of aliphatic hydroxyl groups excluding tert-OH is 3. The largest absolute Gasteiger partial charge is 0.469 e. The lowest BCUT2D eigenvalue weighted by molar-refractivity contribution is -0.140. The third-order valence-electron chi connectivity index (χ3n) is 5.83. The second kappa shape index (κ2) is 13.4. The van der Waals surface area contributed by atoms with Gasteiger partial charge in [0.15, 0.2) is 0 Å². The third-order valence-corrected chi connectivity index (χ3v) is 5.83. The molecule has 0 aromatic heterocycles. The summed E-state index contributed by atoms with van der Waals surface area (Å²) in [6.07, 6.45) is 11.4. The van der Waals surface area contributed by atoms with Gasteiger partial charge in [-0.1, -0.05) is 54.6 Å². The van der Waals surface area contributed by atoms with Gasteiger partial charge in [0.05, 0.1) is 25.4 Å². The summed E-state index contributed by atoms with van der Waals surface area (Å²) in [5.41, 5.74) is 1.27. The Hall–Kier alpha value is -1.95. The molecule has 1 saturated carbocycles. The molecular weight excluding hydrogens is 380 g/mol. The number of hydrogen-bond acceptors (Lipinski definition) is 5. The first kappa shape index (κ1) is 24.3. The SMILES string of the molecule is COC(=O)CCC/C=C\C[C@@H]1[C@@H](/C=C/[C@@H](O)CCCc2ccccc2)[C@H](O)C[C@@H]1O. The minimum absolute atomic E-state index is 0.0652. The summed E-state index contributed by atoms with van der Waals surface area (Å²) < 4.78 is 4.62. The van der Waals surface area contributed by atoms with E-state index in [2.05, 4.69) is 16.9 Å². The van der Waals surface area contributed by atoms with Gasteiger partial charge in [-0.2, -0.15) is 0 Å². The van der Waals surface area contributed by atoms with Gasteiger partial charge in [-0.25, -0.2) is 0 Å². The van der Waals surface area contributed by atoms with Gasteiger partial charge in [0.2, 0.25) is 0 Å². The monoisotopic (exact) mass is 416 g/mol. The summed E-state index contributed by atoms with van der Waals surface area (Å²) >= 11 is 0. The predicted molar refractivity (Wildman–Crippen MR) is 118 cm³/mol. The number of carbonyl (C=O) groups excluding carboxylic acids is 1. The molecule has 166 valence electrons. The van der Waals surface area contributed by atoms with Crippen LogP contribution in [0.15, 0.2) is 54.6 Å². The van der Waals surface area contributed by atoms with Crippen molar-refractivity contribution in [2.24, 2.45) is 11.8 Å². The van der Waals surface area contributed by atoms with Crippen molar-refractivity contribution in [3.63, 3.8) is 0 Å². The van der Waals surface area contributed by atoms with Gasteiger partial charge < -0.3 is 20.1 Å². The van der Waals surface area contributed by atoms with Crippen molar-refractivity contribution < 1.29 is 24.9 Å². The van der Waals surface area contributed by atoms with E-state index in [1.54, 1.807) is 6.08 Å². The molecule has 0 aliphatic heterocycles. The van der Waals surface area contributed by atoms with Crippen molar-refractivity contribution in [1.82, 2.24) is 0 Å². The first-order valence-electron chi connectivity index (χ1n) is 11.0. The van der Waals surface area contributed by atoms with Crippen LogP contribution in [0, 0.1) is 11.8 Å². The second-order valence-corrected chi connectivity index (χ2v) is 8.12. The van der Waals surface area contributed by atoms with E-state index in [-0.39, 0.29) is 17.8 Å². The van der Waals surface area contributed by atoms with Crippen LogP contribution in [0.2, 0.25) is 0 Å². The standard InChI is InChI=1S/C25H36O5/c1-30-25(29)15-8-3-2-7-14-21-22(24(28)18-23(21)27)17-16-20(26)13-9-12-19-10-5-4-6-11-19/h2,4-7,10-11,16-17,20-24,26-28H,3,8-9,12-15,18H2,1H3/b7-2-,17-16+/t20-,21+,22+,23-,24+/m0/s1. The van der Waals surface area contributed by atoms with Gasteiger partial charge in [0.25, 0.3) is 0 Å². The Morgan fingerprint density at radius 1 is 1.17 bits per heavy atom. The van der Waals surface area contributed by atoms with E-state index in [9.17, 15) is 20.1 Å². The number of esters is 1. The van der Waals surface area contributed by atoms with Crippen LogP contribution < -0.4 is 0 Å². The fraction of sp³-hybridized carbons (Fsp3) is 0.560. The van der Waals surface area contributed by atoms with Crippen molar-refractivity contribution in [2.45, 2.75) is 69.7 Å². The van der Waals surface area contributed by atoms with E-state index in [0.717, 1.165) is 25.7 Å². The molecule has 0 spiro atoms. The molecule has 5 nitrogen and oxygen atoms in total. The quantitative estimate of drug-likeness (QED) is 0.275. The van der Waals surface area contributed by atoms with Gasteiger partial charge in [-0.3, -0.25) is 4.79 Å². The highest BCUT2D eigenvalue weighted by atomic mass is 16.5. The molecule has 3 N–H and O–H groups in total. The number of methoxy groups -OCH3 is 1. The first-order chi connectivity index (χ1) is 14.5. The van der Waals surface area contributed by atoms with Crippen LogP contribution >= 0.6 is 0 Å². The van der Waals surface area contributed by atoms with E-state index in [1.165, 1.54) is 12.7 Å². The van der Waals surface area contributed by atoms with Crippen LogP contribution in [-0.4, -0.2) is 46.7 Å². The Balaban J connectivity index is 1.76. The maximum absolute atomic E-state index is 11.1. The molecule has 1 aliphatic carbocycles. The Morgan fingerprint density at radius 2 is 1.93 bits per heavy atom. The summed E-state index contributed by atoms with van der Waals surface area (Å²) in [6, 6.07) is 10.2. The second-order valence-electron chi connectivity index (χ2n) is 8.12. The fourth-order valence-corrected chi connectivity index (χ4v) is 4.06. The number of hydrogen-bond donors (Lipinski definition) is 3. The summed E-state index contributed by atoms with van der Waals surface area (Å²) in [4.78, 5) is 11.1. The summed E-state index contributed by atoms with van der Waals surface area (Å²) in [5, 5.41) is 30.9. The summed E-state index contributed by atoms with van der Waals surface area (Å²) in [7, 11) is 1.39. The van der Waals surface area contributed by atoms with Gasteiger partial charge >= 0.3 is 5.97 Å². The molecule has 2 rings (SSSR count). The number of benzene rings is 1. The number of aliphatic hydroxyl groups is 3. The number of rotatable bonds is 12. The first-order valence-corrected chi connectivity index (χ1v) is 11.0. The lowest BCUT2D eigenvalue weighted by Gasteiger charge is -2.19. The fourth-order valence-electron chi connectivity index (χ4n) is 4.06. The minimum Gasteiger partial charge on any atom is -0.469 e. The molecule has 1 aliphatic rings. The number of carbonyl (C=O) groups is 1. The van der Waals surface area contributed by atoms with Crippen molar-refractivity contribution in [3.8, 4) is 0 Å². The van der Waals surface area contributed by atoms with Crippen molar-refractivity contribution in [3.05, 3.63) is 60.2 Å². The predicted octanol–water partition coefficient (Wildman–Crippen LogP) is 3.57. The average molecular weight is 417 g/mol. The van der Waals surface area contributed by atoms with Crippen molar-refractivity contribution in [1.29, 1.82) is 0 Å². The highest BCUT2D eigenvalue weighted by Gasteiger charge is 2.39. The smallest absolute Gasteiger partial charge is 0.305 e. The van der Waals surface area contributed by atoms with Gasteiger partial charge in [0, 0.05) is 18.8 Å². The van der Waals surface area contributed by atoms with E-state index < -0.39 is 18.3 Å². The molecule has 30 heavy (non-hydrogen) atoms. The molecule has 1 aromatic rings. The van der Waals surface area contributed by atoms with E-state index in [4.69, 9.17) is 0 Å².